The van der Waals surface area contributed by atoms with Gasteiger partial charge in [0.15, 0.2) is 0 Å². The molecule has 166 valence electrons. The average Bonchev–Trinajstić information content (AvgIpc) is 2.74. The van der Waals surface area contributed by atoms with E-state index in [1.54, 1.807) is 7.11 Å². The van der Waals surface area contributed by atoms with Crippen molar-refractivity contribution in [1.29, 1.82) is 0 Å². The molecule has 4 fully saturated rings. The molecule has 3 aliphatic carbocycles. The third-order valence-electron chi connectivity index (χ3n) is 10.1. The summed E-state index contributed by atoms with van der Waals surface area (Å²) < 4.78 is 18.1. The Morgan fingerprint density at radius 1 is 1.00 bits per heavy atom. The van der Waals surface area contributed by atoms with Gasteiger partial charge in [0.2, 0.25) is 0 Å². The molecule has 1 saturated heterocycles. The molecule has 6 atom stereocenters. The van der Waals surface area contributed by atoms with Gasteiger partial charge in [-0.3, -0.25) is 4.79 Å². The first-order chi connectivity index (χ1) is 14.8. The minimum atomic E-state index is -0.296. The predicted molar refractivity (Wildman–Crippen MR) is 119 cm³/mol. The Hall–Kier alpha value is -1.97. The molecular weight excluding hydrogens is 388 g/mol. The standard InChI is InChI=1S/C27H34O4/c1-24-12-8-21-25(2)10-5-11-27(21,16-30-23(25)28)20(24)9-13-26(3)22(24)15-17-14-18(29-4)6-7-19(17)31-26/h6-7,14-15,20-21H,5,8-13,16H2,1-4H3/t20-,21-,24+,25-,26-,27-/m0/s1. The molecule has 0 N–H and O–H groups in total. The zero-order valence-corrected chi connectivity index (χ0v) is 19.3. The molecule has 2 heterocycles. The predicted octanol–water partition coefficient (Wildman–Crippen LogP) is 5.79. The number of hydrogen-bond donors (Lipinski definition) is 0. The fourth-order valence-corrected chi connectivity index (χ4v) is 8.69. The fourth-order valence-electron chi connectivity index (χ4n) is 8.69. The second kappa shape index (κ2) is 6.08. The van der Waals surface area contributed by atoms with Crippen LogP contribution >= 0.6 is 0 Å². The van der Waals surface area contributed by atoms with Gasteiger partial charge in [0.05, 0.1) is 19.1 Å². The number of carbonyl (C=O) groups excluding carboxylic acids is 1. The van der Waals surface area contributed by atoms with Crippen LogP contribution in [-0.4, -0.2) is 25.3 Å². The third-order valence-corrected chi connectivity index (χ3v) is 10.1. The van der Waals surface area contributed by atoms with Crippen LogP contribution in [0.25, 0.3) is 6.08 Å². The molecule has 3 saturated carbocycles. The van der Waals surface area contributed by atoms with Crippen LogP contribution in [0, 0.1) is 28.1 Å². The molecular formula is C27H34O4. The summed E-state index contributed by atoms with van der Waals surface area (Å²) in [5.41, 5.74) is 2.18. The summed E-state index contributed by atoms with van der Waals surface area (Å²) >= 11 is 0. The van der Waals surface area contributed by atoms with E-state index in [0.29, 0.717) is 18.4 Å². The molecule has 1 aromatic rings. The molecule has 2 bridgehead atoms. The summed E-state index contributed by atoms with van der Waals surface area (Å²) in [5.74, 6) is 2.86. The summed E-state index contributed by atoms with van der Waals surface area (Å²) in [5, 5.41) is 0. The molecule has 0 unspecified atom stereocenters. The molecule has 0 aromatic heterocycles. The van der Waals surface area contributed by atoms with Crippen LogP contribution in [0.15, 0.2) is 23.8 Å². The maximum Gasteiger partial charge on any atom is 0.312 e. The van der Waals surface area contributed by atoms with Crippen LogP contribution in [0.3, 0.4) is 0 Å². The first kappa shape index (κ1) is 19.7. The van der Waals surface area contributed by atoms with Gasteiger partial charge >= 0.3 is 5.97 Å². The fraction of sp³-hybridized carbons (Fsp3) is 0.667. The Kier molecular flexibility index (Phi) is 3.86. The van der Waals surface area contributed by atoms with E-state index in [9.17, 15) is 4.79 Å². The highest BCUT2D eigenvalue weighted by atomic mass is 16.5. The van der Waals surface area contributed by atoms with E-state index in [-0.39, 0.29) is 27.8 Å². The number of carbonyl (C=O) groups is 1. The van der Waals surface area contributed by atoms with Gasteiger partial charge in [0.1, 0.15) is 17.1 Å². The van der Waals surface area contributed by atoms with E-state index in [2.05, 4.69) is 32.9 Å². The van der Waals surface area contributed by atoms with E-state index >= 15 is 0 Å². The zero-order chi connectivity index (χ0) is 21.6. The summed E-state index contributed by atoms with van der Waals surface area (Å²) in [4.78, 5) is 12.8. The Morgan fingerprint density at radius 3 is 2.58 bits per heavy atom. The van der Waals surface area contributed by atoms with Gasteiger partial charge in [-0.05, 0) is 99.5 Å². The van der Waals surface area contributed by atoms with Crippen LogP contribution in [0.2, 0.25) is 0 Å². The molecule has 4 nitrogen and oxygen atoms in total. The van der Waals surface area contributed by atoms with Crippen molar-refractivity contribution >= 4 is 12.0 Å². The summed E-state index contributed by atoms with van der Waals surface area (Å²) in [6, 6.07) is 6.13. The van der Waals surface area contributed by atoms with Crippen molar-refractivity contribution in [2.75, 3.05) is 13.7 Å². The van der Waals surface area contributed by atoms with Gasteiger partial charge in [0, 0.05) is 11.0 Å². The summed E-state index contributed by atoms with van der Waals surface area (Å²) in [6.07, 6.45) is 10.1. The first-order valence-corrected chi connectivity index (χ1v) is 12.0. The number of cyclic esters (lactones) is 1. The van der Waals surface area contributed by atoms with Crippen molar-refractivity contribution in [1.82, 2.24) is 0 Å². The lowest BCUT2D eigenvalue weighted by atomic mass is 9.38. The van der Waals surface area contributed by atoms with Crippen molar-refractivity contribution in [3.8, 4) is 11.5 Å². The normalized spacial score (nSPS) is 45.0. The smallest absolute Gasteiger partial charge is 0.312 e. The second-order valence-electron chi connectivity index (χ2n) is 11.5. The second-order valence-corrected chi connectivity index (χ2v) is 11.5. The molecule has 1 aromatic carbocycles. The molecule has 2 aliphatic heterocycles. The van der Waals surface area contributed by atoms with Crippen molar-refractivity contribution in [2.24, 2.45) is 28.1 Å². The van der Waals surface area contributed by atoms with Gasteiger partial charge in [-0.1, -0.05) is 13.3 Å². The van der Waals surface area contributed by atoms with Crippen LogP contribution < -0.4 is 9.47 Å². The van der Waals surface area contributed by atoms with Gasteiger partial charge in [-0.2, -0.15) is 0 Å². The lowest BCUT2D eigenvalue weighted by Gasteiger charge is -2.68. The van der Waals surface area contributed by atoms with Gasteiger partial charge in [0.25, 0.3) is 0 Å². The maximum absolute atomic E-state index is 12.8. The highest BCUT2D eigenvalue weighted by molar-refractivity contribution is 5.78. The zero-order valence-electron chi connectivity index (χ0n) is 19.3. The van der Waals surface area contributed by atoms with Gasteiger partial charge in [-0.25, -0.2) is 0 Å². The number of benzene rings is 1. The van der Waals surface area contributed by atoms with Crippen molar-refractivity contribution < 1.29 is 19.0 Å². The Balaban J connectivity index is 1.48. The molecule has 0 amide bonds. The van der Waals surface area contributed by atoms with Crippen molar-refractivity contribution in [3.05, 3.63) is 29.3 Å². The number of rotatable bonds is 1. The van der Waals surface area contributed by atoms with Crippen LogP contribution in [0.1, 0.15) is 71.3 Å². The van der Waals surface area contributed by atoms with E-state index in [1.165, 1.54) is 12.0 Å². The van der Waals surface area contributed by atoms with Gasteiger partial charge in [-0.15, -0.1) is 0 Å². The molecule has 4 heteroatoms. The summed E-state index contributed by atoms with van der Waals surface area (Å²) in [6.45, 7) is 7.56. The van der Waals surface area contributed by atoms with Crippen LogP contribution in [0.5, 0.6) is 11.5 Å². The lowest BCUT2D eigenvalue weighted by Crippen LogP contribution is -2.67. The molecule has 6 rings (SSSR count). The van der Waals surface area contributed by atoms with E-state index < -0.39 is 0 Å². The monoisotopic (exact) mass is 422 g/mol. The molecule has 0 radical (unpaired) electrons. The third kappa shape index (κ3) is 2.34. The van der Waals surface area contributed by atoms with E-state index in [0.717, 1.165) is 55.6 Å². The number of esters is 1. The van der Waals surface area contributed by atoms with Crippen LogP contribution in [0.4, 0.5) is 0 Å². The Bertz CT molecular complexity index is 997. The maximum atomic E-state index is 12.8. The molecule has 0 spiro atoms. The first-order valence-electron chi connectivity index (χ1n) is 12.0. The van der Waals surface area contributed by atoms with Crippen molar-refractivity contribution in [2.45, 2.75) is 71.3 Å². The number of fused-ring (bicyclic) bond motifs is 4. The lowest BCUT2D eigenvalue weighted by molar-refractivity contribution is -0.231. The quantitative estimate of drug-likeness (QED) is 0.538. The topological polar surface area (TPSA) is 44.8 Å². The minimum Gasteiger partial charge on any atom is -0.497 e. The van der Waals surface area contributed by atoms with E-state index in [4.69, 9.17) is 14.2 Å². The Morgan fingerprint density at radius 2 is 1.77 bits per heavy atom. The molecule has 31 heavy (non-hydrogen) atoms. The number of methoxy groups -OCH3 is 1. The molecule has 5 aliphatic rings. The average molecular weight is 423 g/mol. The highest BCUT2D eigenvalue weighted by Gasteiger charge is 2.69. The highest BCUT2D eigenvalue weighted by Crippen LogP contribution is 2.72. The van der Waals surface area contributed by atoms with E-state index in [1.807, 2.05) is 12.1 Å². The SMILES string of the molecule is COc1ccc2c(c1)C=C1[C@]3(C)CC[C@@H]4[C@]5(CCC[C@]4(C)C(=O)OC5)[C@H]3CC[C@]1(C)O2. The van der Waals surface area contributed by atoms with Crippen LogP contribution in [-0.2, 0) is 9.53 Å². The van der Waals surface area contributed by atoms with Crippen molar-refractivity contribution in [3.63, 3.8) is 0 Å². The van der Waals surface area contributed by atoms with Gasteiger partial charge < -0.3 is 14.2 Å². The number of ether oxygens (including phenoxy) is 3. The Labute approximate surface area is 185 Å². The largest absolute Gasteiger partial charge is 0.497 e. The minimum absolute atomic E-state index is 0.0540. The number of hydrogen-bond acceptors (Lipinski definition) is 4. The summed E-state index contributed by atoms with van der Waals surface area (Å²) in [7, 11) is 1.71.